The second kappa shape index (κ2) is 6.36. The van der Waals surface area contributed by atoms with Gasteiger partial charge in [-0.05, 0) is 45.7 Å². The Labute approximate surface area is 128 Å². The van der Waals surface area contributed by atoms with Gasteiger partial charge in [0.05, 0.1) is 5.69 Å². The molecule has 1 aromatic heterocycles. The highest BCUT2D eigenvalue weighted by molar-refractivity contribution is 5.50. The van der Waals surface area contributed by atoms with Crippen LogP contribution < -0.4 is 10.6 Å². The average molecular weight is 291 g/mol. The Morgan fingerprint density at radius 1 is 1.10 bits per heavy atom. The van der Waals surface area contributed by atoms with Crippen molar-refractivity contribution in [2.24, 2.45) is 12.8 Å². The number of hydrogen-bond donors (Lipinski definition) is 1. The van der Waals surface area contributed by atoms with Gasteiger partial charge in [0.15, 0.2) is 0 Å². The predicted molar refractivity (Wildman–Crippen MR) is 86.5 cm³/mol. The molecule has 3 rings (SSSR count). The molecule has 0 aromatic carbocycles. The monoisotopic (exact) mass is 291 g/mol. The Hall–Kier alpha value is -1.07. The second-order valence-electron chi connectivity index (χ2n) is 6.53. The van der Waals surface area contributed by atoms with Gasteiger partial charge in [-0.15, -0.1) is 0 Å². The van der Waals surface area contributed by atoms with Gasteiger partial charge >= 0.3 is 0 Å². The number of nitrogens with zero attached hydrogens (tertiary/aromatic N) is 4. The number of piperidine rings is 2. The smallest absolute Gasteiger partial charge is 0.131 e. The van der Waals surface area contributed by atoms with Crippen molar-refractivity contribution in [1.82, 2.24) is 14.7 Å². The zero-order chi connectivity index (χ0) is 14.8. The van der Waals surface area contributed by atoms with E-state index in [-0.39, 0.29) is 0 Å². The molecule has 2 fully saturated rings. The molecule has 5 heteroatoms. The molecule has 21 heavy (non-hydrogen) atoms. The molecular weight excluding hydrogens is 262 g/mol. The van der Waals surface area contributed by atoms with E-state index >= 15 is 0 Å². The third-order valence-electron chi connectivity index (χ3n) is 5.19. The summed E-state index contributed by atoms with van der Waals surface area (Å²) in [7, 11) is 2.04. The fourth-order valence-corrected chi connectivity index (χ4v) is 4.05. The predicted octanol–water partition coefficient (Wildman–Crippen LogP) is 1.64. The lowest BCUT2D eigenvalue weighted by molar-refractivity contribution is 0.141. The van der Waals surface area contributed by atoms with Crippen LogP contribution in [-0.2, 0) is 13.6 Å². The van der Waals surface area contributed by atoms with Crippen LogP contribution in [0.15, 0.2) is 0 Å². The molecule has 2 saturated heterocycles. The first-order valence-corrected chi connectivity index (χ1v) is 8.42. The second-order valence-corrected chi connectivity index (χ2v) is 6.53. The third-order valence-corrected chi connectivity index (χ3v) is 5.19. The van der Waals surface area contributed by atoms with Crippen LogP contribution in [0, 0.1) is 6.92 Å². The van der Waals surface area contributed by atoms with Gasteiger partial charge in [0.1, 0.15) is 5.82 Å². The maximum Gasteiger partial charge on any atom is 0.131 e. The molecule has 0 aliphatic carbocycles. The molecule has 2 aliphatic heterocycles. The number of nitrogens with two attached hydrogens (primary N) is 1. The van der Waals surface area contributed by atoms with Crippen LogP contribution in [0.2, 0.25) is 0 Å². The maximum atomic E-state index is 5.93. The normalized spacial score (nSPS) is 22.0. The number of aromatic nitrogens is 2. The standard InChI is InChI=1S/C16H29N5/c1-13-15(12-17)16(19(2)18-13)21-10-6-14(7-11-21)20-8-4-3-5-9-20/h14H,3-12,17H2,1-2H3. The van der Waals surface area contributed by atoms with Crippen LogP contribution in [0.1, 0.15) is 43.4 Å². The number of aryl methyl sites for hydroxylation is 2. The summed E-state index contributed by atoms with van der Waals surface area (Å²) in [4.78, 5) is 5.21. The summed E-state index contributed by atoms with van der Waals surface area (Å²) in [5.41, 5.74) is 8.22. The number of anilines is 1. The van der Waals surface area contributed by atoms with Crippen molar-refractivity contribution in [1.29, 1.82) is 0 Å². The Morgan fingerprint density at radius 2 is 1.76 bits per heavy atom. The Balaban J connectivity index is 1.65. The first kappa shape index (κ1) is 14.9. The highest BCUT2D eigenvalue weighted by Crippen LogP contribution is 2.28. The molecule has 1 aromatic rings. The van der Waals surface area contributed by atoms with Crippen LogP contribution in [-0.4, -0.2) is 46.9 Å². The van der Waals surface area contributed by atoms with Crippen LogP contribution in [0.4, 0.5) is 5.82 Å². The molecule has 2 aliphatic rings. The summed E-state index contributed by atoms with van der Waals surface area (Å²) in [6, 6.07) is 0.789. The SMILES string of the molecule is Cc1nn(C)c(N2CCC(N3CCCCC3)CC2)c1CN. The zero-order valence-corrected chi connectivity index (χ0v) is 13.5. The molecule has 118 valence electrons. The first-order chi connectivity index (χ1) is 10.2. The molecule has 3 heterocycles. The van der Waals surface area contributed by atoms with Crippen LogP contribution in [0.25, 0.3) is 0 Å². The lowest BCUT2D eigenvalue weighted by Gasteiger charge is -2.41. The van der Waals surface area contributed by atoms with E-state index < -0.39 is 0 Å². The van der Waals surface area contributed by atoms with E-state index in [9.17, 15) is 0 Å². The van der Waals surface area contributed by atoms with E-state index in [1.54, 1.807) is 0 Å². The molecule has 0 atom stereocenters. The minimum absolute atomic E-state index is 0.584. The molecule has 2 N–H and O–H groups in total. The summed E-state index contributed by atoms with van der Waals surface area (Å²) in [5, 5.41) is 4.55. The fourth-order valence-electron chi connectivity index (χ4n) is 4.05. The summed E-state index contributed by atoms with van der Waals surface area (Å²) in [5.74, 6) is 1.24. The van der Waals surface area contributed by atoms with Crippen molar-refractivity contribution in [3.05, 3.63) is 11.3 Å². The quantitative estimate of drug-likeness (QED) is 0.920. The minimum atomic E-state index is 0.584. The largest absolute Gasteiger partial charge is 0.356 e. The van der Waals surface area contributed by atoms with E-state index in [1.165, 1.54) is 56.6 Å². The lowest BCUT2D eigenvalue weighted by Crippen LogP contribution is -2.47. The number of hydrogen-bond acceptors (Lipinski definition) is 4. The van der Waals surface area contributed by atoms with Crippen LogP contribution in [0.5, 0.6) is 0 Å². The molecule has 0 spiro atoms. The van der Waals surface area contributed by atoms with Gasteiger partial charge in [-0.1, -0.05) is 6.42 Å². The van der Waals surface area contributed by atoms with E-state index in [2.05, 4.69) is 21.8 Å². The van der Waals surface area contributed by atoms with Crippen molar-refractivity contribution in [3.8, 4) is 0 Å². The molecule has 0 saturated carbocycles. The van der Waals surface area contributed by atoms with Crippen molar-refractivity contribution >= 4 is 5.82 Å². The molecular formula is C16H29N5. The van der Waals surface area contributed by atoms with E-state index in [0.717, 1.165) is 24.8 Å². The van der Waals surface area contributed by atoms with Gasteiger partial charge in [-0.25, -0.2) is 0 Å². The molecule has 0 unspecified atom stereocenters. The Kier molecular flexibility index (Phi) is 4.50. The van der Waals surface area contributed by atoms with Gasteiger partial charge in [-0.3, -0.25) is 4.68 Å². The van der Waals surface area contributed by atoms with Crippen LogP contribution >= 0.6 is 0 Å². The summed E-state index contributed by atoms with van der Waals surface area (Å²) in [6.07, 6.45) is 6.74. The Morgan fingerprint density at radius 3 is 2.38 bits per heavy atom. The van der Waals surface area contributed by atoms with Gasteiger partial charge < -0.3 is 15.5 Å². The van der Waals surface area contributed by atoms with Crippen molar-refractivity contribution in [2.75, 3.05) is 31.1 Å². The van der Waals surface area contributed by atoms with Gasteiger partial charge in [0.25, 0.3) is 0 Å². The van der Waals surface area contributed by atoms with Crippen molar-refractivity contribution < 1.29 is 0 Å². The van der Waals surface area contributed by atoms with E-state index in [4.69, 9.17) is 5.73 Å². The highest BCUT2D eigenvalue weighted by Gasteiger charge is 2.28. The third kappa shape index (κ3) is 2.94. The molecule has 5 nitrogen and oxygen atoms in total. The van der Waals surface area contributed by atoms with Crippen molar-refractivity contribution in [2.45, 2.75) is 51.6 Å². The van der Waals surface area contributed by atoms with Gasteiger partial charge in [0, 0.05) is 38.3 Å². The zero-order valence-electron chi connectivity index (χ0n) is 13.5. The van der Waals surface area contributed by atoms with Gasteiger partial charge in [0.2, 0.25) is 0 Å². The van der Waals surface area contributed by atoms with E-state index in [0.29, 0.717) is 6.54 Å². The van der Waals surface area contributed by atoms with Crippen LogP contribution in [0.3, 0.4) is 0 Å². The van der Waals surface area contributed by atoms with Gasteiger partial charge in [-0.2, -0.15) is 5.10 Å². The lowest BCUT2D eigenvalue weighted by atomic mass is 9.99. The number of likely N-dealkylation sites (tertiary alicyclic amines) is 1. The number of rotatable bonds is 3. The fraction of sp³-hybridized carbons (Fsp3) is 0.812. The first-order valence-electron chi connectivity index (χ1n) is 8.42. The average Bonchev–Trinajstić information content (AvgIpc) is 2.82. The molecule has 0 bridgehead atoms. The van der Waals surface area contributed by atoms with E-state index in [1.807, 2.05) is 11.7 Å². The topological polar surface area (TPSA) is 50.3 Å². The Bertz CT molecular complexity index is 467. The highest BCUT2D eigenvalue weighted by atomic mass is 15.4. The summed E-state index contributed by atoms with van der Waals surface area (Å²) >= 11 is 0. The molecule has 0 radical (unpaired) electrons. The summed E-state index contributed by atoms with van der Waals surface area (Å²) < 4.78 is 2.01. The molecule has 0 amide bonds. The summed E-state index contributed by atoms with van der Waals surface area (Å²) in [6.45, 7) is 7.53. The maximum absolute atomic E-state index is 5.93. The van der Waals surface area contributed by atoms with Crippen molar-refractivity contribution in [3.63, 3.8) is 0 Å². The minimum Gasteiger partial charge on any atom is -0.356 e.